The van der Waals surface area contributed by atoms with Crippen LogP contribution in [-0.4, -0.2) is 46.1 Å². The smallest absolute Gasteiger partial charge is 0.333 e. The summed E-state index contributed by atoms with van der Waals surface area (Å²) in [7, 11) is 1.65. The van der Waals surface area contributed by atoms with Gasteiger partial charge in [-0.25, -0.2) is 9.36 Å². The molecule has 1 amide bonds. The number of H-pyrrole nitrogens is 1. The predicted molar refractivity (Wildman–Crippen MR) is 109 cm³/mol. The number of benzene rings is 1. The molecule has 0 atom stereocenters. The lowest BCUT2D eigenvalue weighted by Crippen LogP contribution is -2.36. The average molecular weight is 400 g/mol. The SMILES string of the molecule is CCOC(CNC(=O)c1cn(C)c2c(=O)n(-c3ccccc3)c(=O)[nH]c12)OCC. The van der Waals surface area contributed by atoms with Crippen molar-refractivity contribution in [2.75, 3.05) is 19.8 Å². The van der Waals surface area contributed by atoms with E-state index in [0.717, 1.165) is 4.57 Å². The Morgan fingerprint density at radius 1 is 1.14 bits per heavy atom. The Morgan fingerprint density at radius 2 is 1.79 bits per heavy atom. The summed E-state index contributed by atoms with van der Waals surface area (Å²) < 4.78 is 13.4. The number of fused-ring (bicyclic) bond motifs is 1. The molecule has 0 radical (unpaired) electrons. The summed E-state index contributed by atoms with van der Waals surface area (Å²) in [5.41, 5.74) is -0.0532. The molecule has 0 fully saturated rings. The van der Waals surface area contributed by atoms with Gasteiger partial charge in [-0.3, -0.25) is 9.59 Å². The van der Waals surface area contributed by atoms with Crippen LogP contribution in [0.25, 0.3) is 16.7 Å². The Hall–Kier alpha value is -3.17. The normalized spacial score (nSPS) is 11.3. The van der Waals surface area contributed by atoms with Crippen molar-refractivity contribution >= 4 is 16.9 Å². The Bertz CT molecular complexity index is 1110. The van der Waals surface area contributed by atoms with Crippen LogP contribution in [0.5, 0.6) is 0 Å². The van der Waals surface area contributed by atoms with Gasteiger partial charge in [0.2, 0.25) is 0 Å². The van der Waals surface area contributed by atoms with Crippen molar-refractivity contribution in [3.8, 4) is 5.69 Å². The van der Waals surface area contributed by atoms with Crippen molar-refractivity contribution in [1.29, 1.82) is 0 Å². The van der Waals surface area contributed by atoms with Crippen molar-refractivity contribution < 1.29 is 14.3 Å². The van der Waals surface area contributed by atoms with Gasteiger partial charge in [-0.05, 0) is 26.0 Å². The van der Waals surface area contributed by atoms with Gasteiger partial charge in [0.25, 0.3) is 11.5 Å². The van der Waals surface area contributed by atoms with E-state index in [1.54, 1.807) is 37.4 Å². The molecular formula is C20H24N4O5. The van der Waals surface area contributed by atoms with Crippen molar-refractivity contribution in [3.05, 3.63) is 62.9 Å². The molecule has 29 heavy (non-hydrogen) atoms. The summed E-state index contributed by atoms with van der Waals surface area (Å²) in [6.07, 6.45) is 0.946. The zero-order valence-electron chi connectivity index (χ0n) is 16.6. The number of rotatable bonds is 8. The van der Waals surface area contributed by atoms with Crippen molar-refractivity contribution in [2.45, 2.75) is 20.1 Å². The predicted octanol–water partition coefficient (Wildman–Crippen LogP) is 1.15. The van der Waals surface area contributed by atoms with Gasteiger partial charge in [0.15, 0.2) is 6.29 Å². The van der Waals surface area contributed by atoms with Crippen LogP contribution in [0.4, 0.5) is 0 Å². The van der Waals surface area contributed by atoms with Crippen LogP contribution in [0.1, 0.15) is 24.2 Å². The van der Waals surface area contributed by atoms with E-state index in [9.17, 15) is 14.4 Å². The number of aromatic amines is 1. The second kappa shape index (κ2) is 8.89. The standard InChI is InChI=1S/C20H24N4O5/c1-4-28-15(29-5-2)11-21-18(25)14-12-23(3)17-16(14)22-20(27)24(19(17)26)13-9-7-6-8-10-13/h6-10,12,15H,4-5,11H2,1-3H3,(H,21,25)(H,22,27). The Labute approximate surface area is 166 Å². The highest BCUT2D eigenvalue weighted by Crippen LogP contribution is 2.15. The first-order valence-electron chi connectivity index (χ1n) is 9.39. The van der Waals surface area contributed by atoms with Crippen molar-refractivity contribution in [1.82, 2.24) is 19.4 Å². The molecule has 154 valence electrons. The third-order valence-electron chi connectivity index (χ3n) is 4.42. The van der Waals surface area contributed by atoms with E-state index < -0.39 is 23.4 Å². The molecule has 9 heteroatoms. The average Bonchev–Trinajstić information content (AvgIpc) is 3.03. The van der Waals surface area contributed by atoms with Gasteiger partial charge in [-0.15, -0.1) is 0 Å². The van der Waals surface area contributed by atoms with E-state index in [4.69, 9.17) is 9.47 Å². The van der Waals surface area contributed by atoms with Gasteiger partial charge in [-0.1, -0.05) is 18.2 Å². The van der Waals surface area contributed by atoms with Gasteiger partial charge >= 0.3 is 5.69 Å². The minimum atomic E-state index is -0.615. The molecule has 0 aliphatic carbocycles. The molecule has 0 aliphatic heterocycles. The van der Waals surface area contributed by atoms with Gasteiger partial charge in [0, 0.05) is 26.5 Å². The molecule has 2 aromatic heterocycles. The highest BCUT2D eigenvalue weighted by Gasteiger charge is 2.21. The number of carbonyl (C=O) groups is 1. The first-order valence-corrected chi connectivity index (χ1v) is 9.39. The van der Waals surface area contributed by atoms with Gasteiger partial charge in [0.05, 0.1) is 23.3 Å². The van der Waals surface area contributed by atoms with E-state index in [1.807, 2.05) is 13.8 Å². The fourth-order valence-corrected chi connectivity index (χ4v) is 3.16. The zero-order valence-corrected chi connectivity index (χ0v) is 16.6. The molecule has 0 saturated heterocycles. The maximum atomic E-state index is 13.0. The second-order valence-electron chi connectivity index (χ2n) is 6.33. The highest BCUT2D eigenvalue weighted by atomic mass is 16.7. The van der Waals surface area contributed by atoms with Gasteiger partial charge in [-0.2, -0.15) is 0 Å². The highest BCUT2D eigenvalue weighted by molar-refractivity contribution is 6.05. The number of hydrogen-bond donors (Lipinski definition) is 2. The van der Waals surface area contributed by atoms with E-state index in [1.165, 1.54) is 10.8 Å². The molecule has 3 aromatic rings. The number of amides is 1. The number of carbonyl (C=O) groups excluding carboxylic acids is 1. The quantitative estimate of drug-likeness (QED) is 0.552. The summed E-state index contributed by atoms with van der Waals surface area (Å²) in [6.45, 7) is 4.70. The third kappa shape index (κ3) is 4.15. The summed E-state index contributed by atoms with van der Waals surface area (Å²) in [5.74, 6) is -0.437. The van der Waals surface area contributed by atoms with Gasteiger partial charge < -0.3 is 24.3 Å². The topological polar surface area (TPSA) is 107 Å². The third-order valence-corrected chi connectivity index (χ3v) is 4.42. The number of para-hydroxylation sites is 1. The van der Waals surface area contributed by atoms with Crippen LogP contribution in [0, 0.1) is 0 Å². The minimum Gasteiger partial charge on any atom is -0.351 e. The molecule has 0 spiro atoms. The van der Waals surface area contributed by atoms with Crippen molar-refractivity contribution in [3.63, 3.8) is 0 Å². The first-order chi connectivity index (χ1) is 14.0. The lowest BCUT2D eigenvalue weighted by atomic mass is 10.2. The van der Waals surface area contributed by atoms with Gasteiger partial charge in [0.1, 0.15) is 5.52 Å². The maximum absolute atomic E-state index is 13.0. The fraction of sp³-hybridized carbons (Fsp3) is 0.350. The lowest BCUT2D eigenvalue weighted by molar-refractivity contribution is -0.131. The van der Waals surface area contributed by atoms with Crippen LogP contribution >= 0.6 is 0 Å². The lowest BCUT2D eigenvalue weighted by Gasteiger charge is -2.17. The van der Waals surface area contributed by atoms with Crippen LogP contribution in [0.15, 0.2) is 46.1 Å². The van der Waals surface area contributed by atoms with Crippen LogP contribution < -0.4 is 16.6 Å². The molecule has 9 nitrogen and oxygen atoms in total. The summed E-state index contributed by atoms with van der Waals surface area (Å²) in [5, 5.41) is 2.73. The fourth-order valence-electron chi connectivity index (χ4n) is 3.16. The van der Waals surface area contributed by atoms with E-state index in [0.29, 0.717) is 18.9 Å². The number of ether oxygens (including phenoxy) is 2. The van der Waals surface area contributed by atoms with Crippen molar-refractivity contribution in [2.24, 2.45) is 7.05 Å². The molecule has 3 rings (SSSR count). The Balaban J connectivity index is 1.98. The molecule has 0 aliphatic rings. The molecule has 2 heterocycles. The minimum absolute atomic E-state index is 0.141. The zero-order chi connectivity index (χ0) is 21.0. The summed E-state index contributed by atoms with van der Waals surface area (Å²) in [6, 6.07) is 8.61. The van der Waals surface area contributed by atoms with E-state index in [-0.39, 0.29) is 23.1 Å². The Morgan fingerprint density at radius 3 is 2.41 bits per heavy atom. The summed E-state index contributed by atoms with van der Waals surface area (Å²) >= 11 is 0. The second-order valence-corrected chi connectivity index (χ2v) is 6.33. The maximum Gasteiger partial charge on any atom is 0.333 e. The molecule has 1 aromatic carbocycles. The van der Waals surface area contributed by atoms with E-state index in [2.05, 4.69) is 10.3 Å². The van der Waals surface area contributed by atoms with Crippen LogP contribution in [-0.2, 0) is 16.5 Å². The summed E-state index contributed by atoms with van der Waals surface area (Å²) in [4.78, 5) is 41.0. The van der Waals surface area contributed by atoms with E-state index >= 15 is 0 Å². The number of nitrogens with zero attached hydrogens (tertiary/aromatic N) is 2. The molecule has 0 bridgehead atoms. The number of nitrogens with one attached hydrogen (secondary N) is 2. The van der Waals surface area contributed by atoms with Crippen LogP contribution in [0.3, 0.4) is 0 Å². The molecule has 0 saturated carbocycles. The largest absolute Gasteiger partial charge is 0.351 e. The number of aromatic nitrogens is 3. The monoisotopic (exact) mass is 400 g/mol. The number of aryl methyl sites for hydroxylation is 1. The van der Waals surface area contributed by atoms with Crippen LogP contribution in [0.2, 0.25) is 0 Å². The number of hydrogen-bond acceptors (Lipinski definition) is 5. The molecular weight excluding hydrogens is 376 g/mol. The molecule has 2 N–H and O–H groups in total. The Kier molecular flexibility index (Phi) is 6.30. The first kappa shape index (κ1) is 20.6. The molecule has 0 unspecified atom stereocenters.